The summed E-state index contributed by atoms with van der Waals surface area (Å²) in [6.45, 7) is 10.4. The van der Waals surface area contributed by atoms with Crippen LogP contribution in [0.15, 0.2) is 36.5 Å². The molecule has 3 rings (SSSR count). The molecule has 0 atom stereocenters. The highest BCUT2D eigenvalue weighted by atomic mass is 16.2. The van der Waals surface area contributed by atoms with Crippen LogP contribution in [0.4, 0.5) is 11.4 Å². The molecule has 1 aliphatic rings. The van der Waals surface area contributed by atoms with Crippen molar-refractivity contribution in [3.63, 3.8) is 0 Å². The largest absolute Gasteiger partial charge is 0.355 e. The maximum Gasteiger partial charge on any atom is 0.272 e. The fourth-order valence-electron chi connectivity index (χ4n) is 3.49. The molecular weight excluding hydrogens is 322 g/mol. The second-order valence-electron chi connectivity index (χ2n) is 7.72. The van der Waals surface area contributed by atoms with Crippen LogP contribution in [0.25, 0.3) is 0 Å². The minimum atomic E-state index is 0.0365. The van der Waals surface area contributed by atoms with Gasteiger partial charge in [0.2, 0.25) is 0 Å². The molecule has 4 heteroatoms. The molecule has 26 heavy (non-hydrogen) atoms. The molecule has 1 fully saturated rings. The number of aromatic nitrogens is 1. The number of nitrogens with zero attached hydrogens (tertiary/aromatic N) is 2. The second kappa shape index (κ2) is 7.90. The number of rotatable bonds is 4. The molecule has 1 saturated heterocycles. The maximum atomic E-state index is 12.8. The number of pyridine rings is 1. The van der Waals surface area contributed by atoms with Gasteiger partial charge in [0.25, 0.3) is 5.91 Å². The molecule has 138 valence electrons. The van der Waals surface area contributed by atoms with Crippen molar-refractivity contribution in [3.8, 4) is 0 Å². The molecule has 1 aromatic heterocycles. The molecule has 1 aliphatic heterocycles. The Hall–Kier alpha value is -2.36. The first-order chi connectivity index (χ1) is 12.5. The van der Waals surface area contributed by atoms with Crippen LogP contribution < -0.4 is 5.32 Å². The lowest BCUT2D eigenvalue weighted by molar-refractivity contribution is 0.0691. The van der Waals surface area contributed by atoms with Crippen molar-refractivity contribution in [1.29, 1.82) is 0 Å². The summed E-state index contributed by atoms with van der Waals surface area (Å²) in [4.78, 5) is 19.0. The average Bonchev–Trinajstić information content (AvgIpc) is 2.63. The summed E-state index contributed by atoms with van der Waals surface area (Å²) in [5, 5.41) is 3.52. The van der Waals surface area contributed by atoms with Gasteiger partial charge in [-0.3, -0.25) is 9.78 Å². The number of piperidine rings is 1. The minimum Gasteiger partial charge on any atom is -0.355 e. The molecule has 2 heterocycles. The average molecular weight is 351 g/mol. The van der Waals surface area contributed by atoms with E-state index in [9.17, 15) is 4.79 Å². The fourth-order valence-corrected chi connectivity index (χ4v) is 3.49. The van der Waals surface area contributed by atoms with Gasteiger partial charge >= 0.3 is 0 Å². The Balaban J connectivity index is 1.81. The summed E-state index contributed by atoms with van der Waals surface area (Å²) in [6, 6.07) is 10.1. The van der Waals surface area contributed by atoms with Gasteiger partial charge in [-0.05, 0) is 54.9 Å². The zero-order chi connectivity index (χ0) is 18.7. The molecule has 4 nitrogen and oxygen atoms in total. The Kier molecular flexibility index (Phi) is 5.60. The van der Waals surface area contributed by atoms with Crippen LogP contribution in [-0.2, 0) is 0 Å². The fraction of sp³-hybridized carbons (Fsp3) is 0.455. The summed E-state index contributed by atoms with van der Waals surface area (Å²) in [5.74, 6) is 1.17. The van der Waals surface area contributed by atoms with Crippen molar-refractivity contribution < 1.29 is 4.79 Å². The van der Waals surface area contributed by atoms with Gasteiger partial charge in [0.1, 0.15) is 5.69 Å². The van der Waals surface area contributed by atoms with E-state index in [0.717, 1.165) is 37.3 Å². The Morgan fingerprint density at radius 2 is 1.96 bits per heavy atom. The van der Waals surface area contributed by atoms with E-state index in [1.165, 1.54) is 11.1 Å². The molecule has 0 saturated carbocycles. The van der Waals surface area contributed by atoms with E-state index in [1.54, 1.807) is 6.20 Å². The first kappa shape index (κ1) is 18.4. The molecule has 1 N–H and O–H groups in total. The van der Waals surface area contributed by atoms with Crippen LogP contribution in [-0.4, -0.2) is 28.9 Å². The van der Waals surface area contributed by atoms with E-state index in [1.807, 2.05) is 17.0 Å². The van der Waals surface area contributed by atoms with E-state index in [-0.39, 0.29) is 5.91 Å². The van der Waals surface area contributed by atoms with Gasteiger partial charge < -0.3 is 10.2 Å². The number of likely N-dealkylation sites (tertiary alicyclic amines) is 1. The summed E-state index contributed by atoms with van der Waals surface area (Å²) in [7, 11) is 0. The van der Waals surface area contributed by atoms with Gasteiger partial charge in [-0.15, -0.1) is 0 Å². The quantitative estimate of drug-likeness (QED) is 0.830. The van der Waals surface area contributed by atoms with E-state index in [2.05, 4.69) is 56.2 Å². The standard InChI is InChI=1S/C22H29N3O/c1-15(2)19-7-5-6-17(4)21(19)24-18-8-11-23-20(14-18)22(26)25-12-9-16(3)10-13-25/h5-8,11,14-16H,9-10,12-13H2,1-4H3,(H,23,24). The van der Waals surface area contributed by atoms with Crippen molar-refractivity contribution in [2.75, 3.05) is 18.4 Å². The number of aryl methyl sites for hydroxylation is 1. The Morgan fingerprint density at radius 3 is 2.65 bits per heavy atom. The second-order valence-corrected chi connectivity index (χ2v) is 7.72. The lowest BCUT2D eigenvalue weighted by Crippen LogP contribution is -2.38. The monoisotopic (exact) mass is 351 g/mol. The lowest BCUT2D eigenvalue weighted by atomic mass is 9.98. The lowest BCUT2D eigenvalue weighted by Gasteiger charge is -2.30. The topological polar surface area (TPSA) is 45.2 Å². The predicted octanol–water partition coefficient (Wildman–Crippen LogP) is 5.13. The van der Waals surface area contributed by atoms with E-state index < -0.39 is 0 Å². The van der Waals surface area contributed by atoms with Gasteiger partial charge in [0.05, 0.1) is 0 Å². The zero-order valence-corrected chi connectivity index (χ0v) is 16.2. The number of anilines is 2. The molecule has 1 aromatic carbocycles. The normalized spacial score (nSPS) is 15.3. The molecule has 0 aliphatic carbocycles. The van der Waals surface area contributed by atoms with Crippen LogP contribution >= 0.6 is 0 Å². The summed E-state index contributed by atoms with van der Waals surface area (Å²) in [6.07, 6.45) is 3.87. The third kappa shape index (κ3) is 4.06. The highest BCUT2D eigenvalue weighted by molar-refractivity contribution is 5.93. The van der Waals surface area contributed by atoms with Crippen molar-refractivity contribution in [3.05, 3.63) is 53.3 Å². The van der Waals surface area contributed by atoms with Crippen molar-refractivity contribution in [2.45, 2.75) is 46.5 Å². The Labute approximate surface area is 156 Å². The minimum absolute atomic E-state index is 0.0365. The highest BCUT2D eigenvalue weighted by Gasteiger charge is 2.22. The summed E-state index contributed by atoms with van der Waals surface area (Å²) in [5.41, 5.74) is 5.03. The Bertz CT molecular complexity index is 777. The number of nitrogens with one attached hydrogen (secondary N) is 1. The third-order valence-corrected chi connectivity index (χ3v) is 5.25. The number of amides is 1. The number of benzene rings is 1. The van der Waals surface area contributed by atoms with Crippen molar-refractivity contribution in [1.82, 2.24) is 9.88 Å². The van der Waals surface area contributed by atoms with Gasteiger partial charge in [0, 0.05) is 30.7 Å². The van der Waals surface area contributed by atoms with Gasteiger partial charge in [0.15, 0.2) is 0 Å². The third-order valence-electron chi connectivity index (χ3n) is 5.25. The molecular formula is C22H29N3O. The molecule has 0 radical (unpaired) electrons. The number of carbonyl (C=O) groups is 1. The number of hydrogen-bond acceptors (Lipinski definition) is 3. The summed E-state index contributed by atoms with van der Waals surface area (Å²) < 4.78 is 0. The first-order valence-electron chi connectivity index (χ1n) is 9.57. The molecule has 2 aromatic rings. The number of carbonyl (C=O) groups excluding carboxylic acids is 1. The van der Waals surface area contributed by atoms with Crippen LogP contribution in [0.1, 0.15) is 61.1 Å². The molecule has 0 bridgehead atoms. The molecule has 1 amide bonds. The maximum absolute atomic E-state index is 12.8. The van der Waals surface area contributed by atoms with E-state index in [4.69, 9.17) is 0 Å². The van der Waals surface area contributed by atoms with Gasteiger partial charge in [-0.2, -0.15) is 0 Å². The Morgan fingerprint density at radius 1 is 1.23 bits per heavy atom. The van der Waals surface area contributed by atoms with Crippen LogP contribution in [0, 0.1) is 12.8 Å². The zero-order valence-electron chi connectivity index (χ0n) is 16.2. The molecule has 0 unspecified atom stereocenters. The highest BCUT2D eigenvalue weighted by Crippen LogP contribution is 2.30. The SMILES string of the molecule is Cc1cccc(C(C)C)c1Nc1ccnc(C(=O)N2CCC(C)CC2)c1. The van der Waals surface area contributed by atoms with Gasteiger partial charge in [-0.1, -0.05) is 39.0 Å². The number of para-hydroxylation sites is 1. The summed E-state index contributed by atoms with van der Waals surface area (Å²) >= 11 is 0. The van der Waals surface area contributed by atoms with Crippen LogP contribution in [0.2, 0.25) is 0 Å². The van der Waals surface area contributed by atoms with E-state index in [0.29, 0.717) is 17.5 Å². The smallest absolute Gasteiger partial charge is 0.272 e. The van der Waals surface area contributed by atoms with Crippen molar-refractivity contribution in [2.24, 2.45) is 5.92 Å². The van der Waals surface area contributed by atoms with Gasteiger partial charge in [-0.25, -0.2) is 0 Å². The predicted molar refractivity (Wildman–Crippen MR) is 107 cm³/mol. The van der Waals surface area contributed by atoms with Crippen LogP contribution in [0.3, 0.4) is 0 Å². The number of hydrogen-bond donors (Lipinski definition) is 1. The van der Waals surface area contributed by atoms with Crippen LogP contribution in [0.5, 0.6) is 0 Å². The first-order valence-corrected chi connectivity index (χ1v) is 9.57. The molecule has 0 spiro atoms. The van der Waals surface area contributed by atoms with Crippen molar-refractivity contribution >= 4 is 17.3 Å². The van der Waals surface area contributed by atoms with E-state index >= 15 is 0 Å².